The van der Waals surface area contributed by atoms with E-state index in [1.807, 2.05) is 31.2 Å². The van der Waals surface area contributed by atoms with E-state index < -0.39 is 15.8 Å². The van der Waals surface area contributed by atoms with E-state index >= 15 is 0 Å². The molecule has 0 aliphatic carbocycles. The number of rotatable bonds is 3. The van der Waals surface area contributed by atoms with E-state index in [0.717, 1.165) is 11.1 Å². The number of esters is 1. The number of nitrogens with zero attached hydrogens (tertiary/aromatic N) is 3. The zero-order chi connectivity index (χ0) is 20.1. The number of aromatic nitrogens is 3. The molecule has 3 aromatic rings. The highest BCUT2D eigenvalue weighted by molar-refractivity contribution is 7.91. The quantitative estimate of drug-likeness (QED) is 0.629. The Morgan fingerprint density at radius 3 is 2.54 bits per heavy atom. The third-order valence-corrected chi connectivity index (χ3v) is 6.89. The first kappa shape index (κ1) is 18.6. The monoisotopic (exact) mass is 399 g/mol. The Hall–Kier alpha value is -2.74. The Kier molecular flexibility index (Phi) is 4.45. The van der Waals surface area contributed by atoms with Crippen molar-refractivity contribution in [2.45, 2.75) is 26.3 Å². The Bertz CT molecular complexity index is 1180. The van der Waals surface area contributed by atoms with E-state index in [0.29, 0.717) is 34.4 Å². The Balaban J connectivity index is 1.96. The van der Waals surface area contributed by atoms with Crippen LogP contribution >= 0.6 is 0 Å². The maximum absolute atomic E-state index is 12.5. The molecule has 1 saturated heterocycles. The fourth-order valence-corrected chi connectivity index (χ4v) is 5.37. The Morgan fingerprint density at radius 2 is 1.93 bits per heavy atom. The number of methoxy groups -OCH3 is 1. The van der Waals surface area contributed by atoms with Gasteiger partial charge >= 0.3 is 5.97 Å². The summed E-state index contributed by atoms with van der Waals surface area (Å²) in [7, 11) is -1.74. The fraction of sp³-hybridized carbons (Fsp3) is 0.350. The van der Waals surface area contributed by atoms with Crippen molar-refractivity contribution >= 4 is 26.8 Å². The molecule has 3 heterocycles. The molecular formula is C20H21N3O4S. The molecule has 4 rings (SSSR count). The van der Waals surface area contributed by atoms with Gasteiger partial charge in [0.2, 0.25) is 0 Å². The van der Waals surface area contributed by atoms with Crippen molar-refractivity contribution in [3.05, 3.63) is 47.2 Å². The van der Waals surface area contributed by atoms with Gasteiger partial charge in [0.25, 0.3) is 0 Å². The zero-order valence-corrected chi connectivity index (χ0v) is 16.8. The summed E-state index contributed by atoms with van der Waals surface area (Å²) < 4.78 is 30.6. The molecule has 8 heteroatoms. The number of aryl methyl sites for hydroxylation is 2. The molecule has 0 amide bonds. The van der Waals surface area contributed by atoms with E-state index in [2.05, 4.69) is 5.10 Å². The lowest BCUT2D eigenvalue weighted by Gasteiger charge is -2.11. The first-order valence-corrected chi connectivity index (χ1v) is 10.9. The molecule has 1 aliphatic rings. The van der Waals surface area contributed by atoms with Crippen molar-refractivity contribution in [3.63, 3.8) is 0 Å². The number of hydrogen-bond acceptors (Lipinski definition) is 6. The summed E-state index contributed by atoms with van der Waals surface area (Å²) in [6.07, 6.45) is 0.489. The highest BCUT2D eigenvalue weighted by atomic mass is 32.2. The lowest BCUT2D eigenvalue weighted by molar-refractivity contribution is 0.0603. The number of fused-ring (bicyclic) bond motifs is 1. The van der Waals surface area contributed by atoms with Crippen LogP contribution in [0.1, 0.15) is 34.1 Å². The number of benzene rings is 1. The molecule has 0 N–H and O–H groups in total. The summed E-state index contributed by atoms with van der Waals surface area (Å²) in [5.41, 5.74) is 4.13. The second-order valence-electron chi connectivity index (χ2n) is 7.20. The number of hydrogen-bond donors (Lipinski definition) is 0. The Morgan fingerprint density at radius 1 is 1.21 bits per heavy atom. The maximum atomic E-state index is 12.5. The molecule has 0 unspecified atom stereocenters. The summed E-state index contributed by atoms with van der Waals surface area (Å²) in [5, 5.41) is 5.15. The van der Waals surface area contributed by atoms with Gasteiger partial charge in [-0.1, -0.05) is 29.8 Å². The van der Waals surface area contributed by atoms with Gasteiger partial charge in [-0.15, -0.1) is 0 Å². The molecule has 1 atom stereocenters. The SMILES string of the molecule is COC(=O)c1cc(-c2ccc(C)cc2)nc2c1c(C)nn2[C@H]1CCS(=O)(=O)C1. The number of pyridine rings is 1. The predicted molar refractivity (Wildman–Crippen MR) is 106 cm³/mol. The summed E-state index contributed by atoms with van der Waals surface area (Å²) in [5.74, 6) is -0.297. The first-order chi connectivity index (χ1) is 13.3. The number of sulfone groups is 1. The van der Waals surface area contributed by atoms with Crippen LogP contribution in [0.15, 0.2) is 30.3 Å². The second kappa shape index (κ2) is 6.70. The van der Waals surface area contributed by atoms with E-state index in [1.54, 1.807) is 17.7 Å². The standard InChI is InChI=1S/C20H21N3O4S/c1-12-4-6-14(7-5-12)17-10-16(20(24)27-3)18-13(2)22-23(19(18)21-17)15-8-9-28(25,26)11-15/h4-7,10,15H,8-9,11H2,1-3H3/t15-/m0/s1. The molecule has 0 bridgehead atoms. The highest BCUT2D eigenvalue weighted by Gasteiger charge is 2.32. The van der Waals surface area contributed by atoms with Crippen molar-refractivity contribution in [1.82, 2.24) is 14.8 Å². The van der Waals surface area contributed by atoms with Gasteiger partial charge in [-0.25, -0.2) is 22.9 Å². The summed E-state index contributed by atoms with van der Waals surface area (Å²) in [6, 6.07) is 9.27. The zero-order valence-electron chi connectivity index (χ0n) is 16.0. The first-order valence-electron chi connectivity index (χ1n) is 9.05. The van der Waals surface area contributed by atoms with Crippen molar-refractivity contribution in [3.8, 4) is 11.3 Å². The number of carbonyl (C=O) groups is 1. The third-order valence-electron chi connectivity index (χ3n) is 5.14. The van der Waals surface area contributed by atoms with Crippen LogP contribution in [0.2, 0.25) is 0 Å². The molecule has 146 valence electrons. The van der Waals surface area contributed by atoms with Gasteiger partial charge in [0, 0.05) is 5.56 Å². The van der Waals surface area contributed by atoms with Crippen LogP contribution in [0.5, 0.6) is 0 Å². The van der Waals surface area contributed by atoms with E-state index in [-0.39, 0.29) is 17.5 Å². The van der Waals surface area contributed by atoms with Crippen LogP contribution in [-0.2, 0) is 14.6 Å². The van der Waals surface area contributed by atoms with E-state index in [9.17, 15) is 13.2 Å². The van der Waals surface area contributed by atoms with Gasteiger partial charge in [0.05, 0.1) is 47.0 Å². The van der Waals surface area contributed by atoms with Gasteiger partial charge in [0.1, 0.15) is 0 Å². The normalized spacial score (nSPS) is 18.5. The summed E-state index contributed by atoms with van der Waals surface area (Å²) in [6.45, 7) is 3.79. The second-order valence-corrected chi connectivity index (χ2v) is 9.43. The van der Waals surface area contributed by atoms with E-state index in [4.69, 9.17) is 9.72 Å². The highest BCUT2D eigenvalue weighted by Crippen LogP contribution is 2.32. The van der Waals surface area contributed by atoms with Crippen LogP contribution in [0, 0.1) is 13.8 Å². The van der Waals surface area contributed by atoms with Crippen molar-refractivity contribution in [2.24, 2.45) is 0 Å². The molecule has 1 fully saturated rings. The van der Waals surface area contributed by atoms with Gasteiger partial charge in [0.15, 0.2) is 15.5 Å². The number of carbonyl (C=O) groups excluding carboxylic acids is 1. The predicted octanol–water partition coefficient (Wildman–Crippen LogP) is 2.86. The molecule has 7 nitrogen and oxygen atoms in total. The van der Waals surface area contributed by atoms with Gasteiger partial charge in [-0.3, -0.25) is 0 Å². The van der Waals surface area contributed by atoms with Gasteiger partial charge in [-0.2, -0.15) is 5.10 Å². The molecule has 28 heavy (non-hydrogen) atoms. The van der Waals surface area contributed by atoms with E-state index in [1.165, 1.54) is 7.11 Å². The van der Waals surface area contributed by atoms with Crippen molar-refractivity contribution in [2.75, 3.05) is 18.6 Å². The maximum Gasteiger partial charge on any atom is 0.338 e. The largest absolute Gasteiger partial charge is 0.465 e. The molecule has 2 aromatic heterocycles. The number of ether oxygens (including phenoxy) is 1. The molecule has 1 aromatic carbocycles. The summed E-state index contributed by atoms with van der Waals surface area (Å²) in [4.78, 5) is 17.2. The van der Waals surface area contributed by atoms with Crippen molar-refractivity contribution < 1.29 is 17.9 Å². The molecular weight excluding hydrogens is 378 g/mol. The van der Waals surface area contributed by atoms with Crippen LogP contribution in [-0.4, -0.2) is 47.8 Å². The minimum absolute atomic E-state index is 0.0349. The summed E-state index contributed by atoms with van der Waals surface area (Å²) >= 11 is 0. The molecule has 0 spiro atoms. The molecule has 0 saturated carbocycles. The van der Waals surface area contributed by atoms with Crippen LogP contribution in [0.4, 0.5) is 0 Å². The lowest BCUT2D eigenvalue weighted by atomic mass is 10.0. The van der Waals surface area contributed by atoms with Crippen LogP contribution < -0.4 is 0 Å². The fourth-order valence-electron chi connectivity index (χ4n) is 3.68. The average molecular weight is 399 g/mol. The third kappa shape index (κ3) is 3.17. The topological polar surface area (TPSA) is 91.2 Å². The Labute approximate surface area is 163 Å². The minimum Gasteiger partial charge on any atom is -0.465 e. The van der Waals surface area contributed by atoms with Crippen LogP contribution in [0.3, 0.4) is 0 Å². The van der Waals surface area contributed by atoms with Gasteiger partial charge < -0.3 is 4.74 Å². The van der Waals surface area contributed by atoms with Gasteiger partial charge in [-0.05, 0) is 26.3 Å². The average Bonchev–Trinajstić information content (AvgIpc) is 3.20. The molecule has 0 radical (unpaired) electrons. The molecule has 1 aliphatic heterocycles. The minimum atomic E-state index is -3.08. The lowest BCUT2D eigenvalue weighted by Crippen LogP contribution is -2.13. The van der Waals surface area contributed by atoms with Crippen molar-refractivity contribution in [1.29, 1.82) is 0 Å². The smallest absolute Gasteiger partial charge is 0.338 e. The van der Waals surface area contributed by atoms with Crippen LogP contribution in [0.25, 0.3) is 22.3 Å².